The third-order valence-electron chi connectivity index (χ3n) is 6.83. The van der Waals surface area contributed by atoms with Crippen LogP contribution >= 0.6 is 0 Å². The molecular formula is C29H22F6N2O4. The number of methoxy groups -OCH3 is 1. The van der Waals surface area contributed by atoms with Crippen LogP contribution in [-0.2, 0) is 25.4 Å². The minimum absolute atomic E-state index is 0.0211. The minimum atomic E-state index is -5.04. The van der Waals surface area contributed by atoms with Crippen molar-refractivity contribution in [2.45, 2.75) is 25.4 Å². The van der Waals surface area contributed by atoms with E-state index in [9.17, 15) is 35.9 Å². The van der Waals surface area contributed by atoms with E-state index in [1.807, 2.05) is 0 Å². The zero-order valence-corrected chi connectivity index (χ0v) is 21.7. The molecule has 0 atom stereocenters. The molecule has 12 heteroatoms. The van der Waals surface area contributed by atoms with Gasteiger partial charge in [-0.15, -0.1) is 0 Å². The number of alkyl halides is 6. The highest BCUT2D eigenvalue weighted by atomic mass is 19.4. The van der Waals surface area contributed by atoms with Crippen molar-refractivity contribution in [2.24, 2.45) is 0 Å². The SMILES string of the molecule is COc1ccc(-c2c(C(=O)N(C)Cc3cc(C(F)(F)F)cc(C(F)(F)F)c3)c(=O)n3c4c(cccc24)OCC3)cc1. The molecule has 4 aromatic rings. The first-order chi connectivity index (χ1) is 19.3. The van der Waals surface area contributed by atoms with Gasteiger partial charge in [0.25, 0.3) is 11.5 Å². The maximum Gasteiger partial charge on any atom is 0.416 e. The van der Waals surface area contributed by atoms with Crippen LogP contribution in [0.4, 0.5) is 26.3 Å². The lowest BCUT2D eigenvalue weighted by Crippen LogP contribution is -2.37. The van der Waals surface area contributed by atoms with Crippen molar-refractivity contribution in [3.63, 3.8) is 0 Å². The van der Waals surface area contributed by atoms with Crippen LogP contribution in [-0.4, -0.2) is 36.1 Å². The first kappa shape index (κ1) is 28.1. The Morgan fingerprint density at radius 2 is 1.61 bits per heavy atom. The first-order valence-electron chi connectivity index (χ1n) is 12.3. The summed E-state index contributed by atoms with van der Waals surface area (Å²) >= 11 is 0. The number of hydrogen-bond donors (Lipinski definition) is 0. The van der Waals surface area contributed by atoms with Crippen LogP contribution in [0.5, 0.6) is 11.5 Å². The number of benzene rings is 3. The van der Waals surface area contributed by atoms with Gasteiger partial charge in [-0.2, -0.15) is 26.3 Å². The molecule has 0 N–H and O–H groups in total. The molecule has 214 valence electrons. The number of hydrogen-bond acceptors (Lipinski definition) is 4. The second kappa shape index (κ2) is 10.2. The number of aromatic nitrogens is 1. The summed E-state index contributed by atoms with van der Waals surface area (Å²) in [6, 6.07) is 12.8. The van der Waals surface area contributed by atoms with Crippen LogP contribution < -0.4 is 15.0 Å². The predicted octanol–water partition coefficient (Wildman–Crippen LogP) is 6.38. The molecule has 0 unspecified atom stereocenters. The van der Waals surface area contributed by atoms with E-state index in [-0.39, 0.29) is 30.3 Å². The van der Waals surface area contributed by atoms with E-state index < -0.39 is 47.1 Å². The van der Waals surface area contributed by atoms with Crippen LogP contribution in [0.15, 0.2) is 65.5 Å². The summed E-state index contributed by atoms with van der Waals surface area (Å²) in [6.07, 6.45) is -10.1. The largest absolute Gasteiger partial charge is 0.497 e. The Hall–Kier alpha value is -4.48. The fraction of sp³-hybridized carbons (Fsp3) is 0.241. The molecule has 0 bridgehead atoms. The topological polar surface area (TPSA) is 60.8 Å². The molecule has 0 spiro atoms. The number of amides is 1. The fourth-order valence-electron chi connectivity index (χ4n) is 4.96. The molecule has 3 aromatic carbocycles. The van der Waals surface area contributed by atoms with Crippen molar-refractivity contribution in [1.82, 2.24) is 9.47 Å². The maximum absolute atomic E-state index is 13.9. The lowest BCUT2D eigenvalue weighted by molar-refractivity contribution is -0.143. The summed E-state index contributed by atoms with van der Waals surface area (Å²) in [5.74, 6) is 0.0949. The van der Waals surface area contributed by atoms with Gasteiger partial charge in [0.15, 0.2) is 0 Å². The predicted molar refractivity (Wildman–Crippen MR) is 138 cm³/mol. The average Bonchev–Trinajstić information content (AvgIpc) is 2.93. The molecule has 0 saturated heterocycles. The summed E-state index contributed by atoms with van der Waals surface area (Å²) in [4.78, 5) is 28.6. The second-order valence-electron chi connectivity index (χ2n) is 9.51. The minimum Gasteiger partial charge on any atom is -0.497 e. The lowest BCUT2D eigenvalue weighted by Gasteiger charge is -2.25. The summed E-state index contributed by atoms with van der Waals surface area (Å²) in [6.45, 7) is -0.307. The molecule has 1 aliphatic rings. The molecule has 5 rings (SSSR count). The van der Waals surface area contributed by atoms with Crippen molar-refractivity contribution in [3.05, 3.63) is 93.3 Å². The quantitative estimate of drug-likeness (QED) is 0.259. The Kier molecular flexibility index (Phi) is 6.96. The third-order valence-corrected chi connectivity index (χ3v) is 6.83. The molecular weight excluding hydrogens is 554 g/mol. The van der Waals surface area contributed by atoms with E-state index in [0.29, 0.717) is 40.1 Å². The van der Waals surface area contributed by atoms with Crippen molar-refractivity contribution in [2.75, 3.05) is 20.8 Å². The van der Waals surface area contributed by atoms with Crippen molar-refractivity contribution >= 4 is 16.8 Å². The van der Waals surface area contributed by atoms with Crippen molar-refractivity contribution in [3.8, 4) is 22.6 Å². The molecule has 0 saturated carbocycles. The highest BCUT2D eigenvalue weighted by Gasteiger charge is 2.37. The molecule has 41 heavy (non-hydrogen) atoms. The van der Waals surface area contributed by atoms with E-state index >= 15 is 0 Å². The Bertz CT molecular complexity index is 1680. The fourth-order valence-corrected chi connectivity index (χ4v) is 4.96. The molecule has 2 heterocycles. The van der Waals surface area contributed by atoms with Crippen LogP contribution in [0.1, 0.15) is 27.0 Å². The van der Waals surface area contributed by atoms with Gasteiger partial charge in [-0.25, -0.2) is 0 Å². The normalized spacial score (nSPS) is 13.2. The zero-order chi connectivity index (χ0) is 29.7. The van der Waals surface area contributed by atoms with Gasteiger partial charge in [0.05, 0.1) is 30.3 Å². The van der Waals surface area contributed by atoms with Crippen LogP contribution in [0.2, 0.25) is 0 Å². The Balaban J connectivity index is 1.66. The zero-order valence-electron chi connectivity index (χ0n) is 21.7. The van der Waals surface area contributed by atoms with Crippen molar-refractivity contribution < 1.29 is 40.6 Å². The van der Waals surface area contributed by atoms with Gasteiger partial charge in [-0.1, -0.05) is 24.3 Å². The molecule has 0 radical (unpaired) electrons. The Morgan fingerprint density at radius 3 is 2.20 bits per heavy atom. The summed E-state index contributed by atoms with van der Waals surface area (Å²) in [7, 11) is 2.69. The summed E-state index contributed by atoms with van der Waals surface area (Å²) in [5, 5.41) is 0.516. The molecule has 0 aliphatic carbocycles. The number of pyridine rings is 1. The maximum atomic E-state index is 13.9. The average molecular weight is 576 g/mol. The smallest absolute Gasteiger partial charge is 0.416 e. The van der Waals surface area contributed by atoms with Crippen LogP contribution in [0.3, 0.4) is 0 Å². The molecule has 6 nitrogen and oxygen atoms in total. The number of carbonyl (C=O) groups excluding carboxylic acids is 1. The number of carbonyl (C=O) groups is 1. The Morgan fingerprint density at radius 1 is 0.976 bits per heavy atom. The number of nitrogens with zero attached hydrogens (tertiary/aromatic N) is 2. The first-order valence-corrected chi connectivity index (χ1v) is 12.3. The van der Waals surface area contributed by atoms with Gasteiger partial charge in [0.1, 0.15) is 23.7 Å². The number of para-hydroxylation sites is 1. The summed E-state index contributed by atoms with van der Waals surface area (Å²) < 4.78 is 92.7. The van der Waals surface area contributed by atoms with Gasteiger partial charge < -0.3 is 18.9 Å². The summed E-state index contributed by atoms with van der Waals surface area (Å²) in [5.41, 5.74) is -3.10. The van der Waals surface area contributed by atoms with E-state index in [1.165, 1.54) is 18.7 Å². The highest BCUT2D eigenvalue weighted by Crippen LogP contribution is 2.39. The highest BCUT2D eigenvalue weighted by molar-refractivity contribution is 6.09. The molecule has 0 fully saturated rings. The standard InChI is InChI=1S/C29H22F6N2O4/c1-36(15-16-12-18(28(30,31)32)14-19(13-16)29(33,34)35)26(38)24-23(17-6-8-20(40-2)9-7-17)21-4-3-5-22-25(21)37(27(24)39)10-11-41-22/h3-9,12-14H,10-11,15H2,1-2H3. The second-order valence-corrected chi connectivity index (χ2v) is 9.51. The van der Waals surface area contributed by atoms with Gasteiger partial charge in [-0.05, 0) is 47.5 Å². The van der Waals surface area contributed by atoms with E-state index in [4.69, 9.17) is 9.47 Å². The number of ether oxygens (including phenoxy) is 2. The molecule has 1 aliphatic heterocycles. The van der Waals surface area contributed by atoms with Crippen molar-refractivity contribution in [1.29, 1.82) is 0 Å². The Labute approximate surface area is 229 Å². The van der Waals surface area contributed by atoms with E-state index in [1.54, 1.807) is 42.5 Å². The van der Waals surface area contributed by atoms with Gasteiger partial charge in [-0.3, -0.25) is 9.59 Å². The van der Waals surface area contributed by atoms with Crippen LogP contribution in [0, 0.1) is 0 Å². The van der Waals surface area contributed by atoms with E-state index in [0.717, 1.165) is 4.90 Å². The third kappa shape index (κ3) is 5.21. The van der Waals surface area contributed by atoms with Gasteiger partial charge in [0, 0.05) is 24.5 Å². The van der Waals surface area contributed by atoms with Gasteiger partial charge >= 0.3 is 12.4 Å². The number of rotatable bonds is 5. The lowest BCUT2D eigenvalue weighted by atomic mass is 9.94. The van der Waals surface area contributed by atoms with Crippen LogP contribution in [0.25, 0.3) is 22.0 Å². The van der Waals surface area contributed by atoms with Gasteiger partial charge in [0.2, 0.25) is 0 Å². The molecule has 1 aromatic heterocycles. The monoisotopic (exact) mass is 576 g/mol. The number of halogens is 6. The van der Waals surface area contributed by atoms with E-state index in [2.05, 4.69) is 0 Å². The molecule has 1 amide bonds.